The first-order valence-electron chi connectivity index (χ1n) is 5.93. The zero-order valence-electron chi connectivity index (χ0n) is 10.3. The lowest BCUT2D eigenvalue weighted by atomic mass is 10.1. The second-order valence-corrected chi connectivity index (χ2v) is 4.21. The maximum atomic E-state index is 10.7. The van der Waals surface area contributed by atoms with Gasteiger partial charge in [-0.15, -0.1) is 0 Å². The van der Waals surface area contributed by atoms with Crippen molar-refractivity contribution in [3.05, 3.63) is 53.7 Å². The van der Waals surface area contributed by atoms with E-state index in [2.05, 4.69) is 10.3 Å². The lowest BCUT2D eigenvalue weighted by molar-refractivity contribution is 0.259. The summed E-state index contributed by atoms with van der Waals surface area (Å²) in [7, 11) is 0. The molecule has 0 bridgehead atoms. The van der Waals surface area contributed by atoms with Crippen LogP contribution in [-0.4, -0.2) is 16.1 Å². The largest absolute Gasteiger partial charge is 0.508 e. The Morgan fingerprint density at radius 1 is 1.21 bits per heavy atom. The summed E-state index contributed by atoms with van der Waals surface area (Å²) >= 11 is 0. The lowest BCUT2D eigenvalue weighted by Gasteiger charge is -2.05. The van der Waals surface area contributed by atoms with Gasteiger partial charge in [-0.25, -0.2) is 9.78 Å². The van der Waals surface area contributed by atoms with E-state index in [0.717, 1.165) is 24.0 Å². The number of aromatic hydroxyl groups is 1. The van der Waals surface area contributed by atoms with Crippen LogP contribution in [0.4, 0.5) is 10.6 Å². The molecule has 4 N–H and O–H groups in total. The summed E-state index contributed by atoms with van der Waals surface area (Å²) in [6.45, 7) is 0. The van der Waals surface area contributed by atoms with E-state index in [0.29, 0.717) is 5.82 Å². The minimum atomic E-state index is -0.627. The Labute approximate surface area is 111 Å². The zero-order chi connectivity index (χ0) is 13.7. The number of benzene rings is 1. The summed E-state index contributed by atoms with van der Waals surface area (Å²) in [5.74, 6) is 0.712. The molecule has 0 saturated carbocycles. The normalized spacial score (nSPS) is 10.1. The third-order valence-electron chi connectivity index (χ3n) is 2.69. The molecule has 0 unspecified atom stereocenters. The van der Waals surface area contributed by atoms with E-state index in [4.69, 9.17) is 5.73 Å². The predicted octanol–water partition coefficient (Wildman–Crippen LogP) is 2.06. The van der Waals surface area contributed by atoms with E-state index in [-0.39, 0.29) is 5.75 Å². The monoisotopic (exact) mass is 257 g/mol. The highest BCUT2D eigenvalue weighted by Gasteiger charge is 2.01. The molecule has 1 aromatic heterocycles. The maximum Gasteiger partial charge on any atom is 0.317 e. The maximum absolute atomic E-state index is 10.7. The smallest absolute Gasteiger partial charge is 0.317 e. The Kier molecular flexibility index (Phi) is 3.97. The van der Waals surface area contributed by atoms with Gasteiger partial charge in [-0.1, -0.05) is 12.1 Å². The van der Waals surface area contributed by atoms with Crippen LogP contribution in [0.1, 0.15) is 11.1 Å². The Balaban J connectivity index is 2.01. The summed E-state index contributed by atoms with van der Waals surface area (Å²) in [5.41, 5.74) is 7.14. The van der Waals surface area contributed by atoms with Crippen molar-refractivity contribution < 1.29 is 9.90 Å². The molecule has 1 aromatic carbocycles. The SMILES string of the molecule is NC(=O)Nc1cc(CCc2cccc(O)c2)ccn1. The zero-order valence-corrected chi connectivity index (χ0v) is 10.3. The first-order chi connectivity index (χ1) is 9.13. The molecule has 5 nitrogen and oxygen atoms in total. The molecule has 0 atom stereocenters. The molecule has 2 amide bonds. The molecule has 1 heterocycles. The number of carbonyl (C=O) groups excluding carboxylic acids is 1. The molecule has 0 saturated heterocycles. The molecule has 5 heteroatoms. The molecule has 2 aromatic rings. The van der Waals surface area contributed by atoms with Gasteiger partial charge in [0.05, 0.1) is 0 Å². The number of aryl methyl sites for hydroxylation is 2. The van der Waals surface area contributed by atoms with Crippen LogP contribution in [0.3, 0.4) is 0 Å². The minimum Gasteiger partial charge on any atom is -0.508 e. The van der Waals surface area contributed by atoms with Gasteiger partial charge in [-0.05, 0) is 48.2 Å². The third kappa shape index (κ3) is 3.99. The van der Waals surface area contributed by atoms with Crippen LogP contribution >= 0.6 is 0 Å². The van der Waals surface area contributed by atoms with Crippen LogP contribution in [0.5, 0.6) is 5.75 Å². The van der Waals surface area contributed by atoms with Gasteiger partial charge in [0, 0.05) is 6.20 Å². The fraction of sp³-hybridized carbons (Fsp3) is 0.143. The molecule has 0 radical (unpaired) electrons. The highest BCUT2D eigenvalue weighted by molar-refractivity contribution is 5.86. The number of nitrogens with two attached hydrogens (primary N) is 1. The minimum absolute atomic E-state index is 0.267. The Hall–Kier alpha value is -2.56. The fourth-order valence-electron chi connectivity index (χ4n) is 1.83. The molecule has 0 aliphatic carbocycles. The van der Waals surface area contributed by atoms with Gasteiger partial charge in [-0.3, -0.25) is 5.32 Å². The first kappa shape index (κ1) is 12.9. The number of primary amides is 1. The molecular weight excluding hydrogens is 242 g/mol. The van der Waals surface area contributed by atoms with Gasteiger partial charge >= 0.3 is 6.03 Å². The van der Waals surface area contributed by atoms with Crippen LogP contribution in [0.25, 0.3) is 0 Å². The third-order valence-corrected chi connectivity index (χ3v) is 2.69. The van der Waals surface area contributed by atoms with Gasteiger partial charge in [0.15, 0.2) is 0 Å². The van der Waals surface area contributed by atoms with Crippen molar-refractivity contribution in [1.29, 1.82) is 0 Å². The number of hydrogen-bond donors (Lipinski definition) is 3. The van der Waals surface area contributed by atoms with Crippen molar-refractivity contribution >= 4 is 11.8 Å². The summed E-state index contributed by atoms with van der Waals surface area (Å²) in [4.78, 5) is 14.7. The summed E-state index contributed by atoms with van der Waals surface area (Å²) < 4.78 is 0. The standard InChI is InChI=1S/C14H15N3O2/c15-14(19)17-13-9-11(6-7-16-13)5-4-10-2-1-3-12(18)8-10/h1-3,6-9,18H,4-5H2,(H3,15,16,17,19). The second kappa shape index (κ2) is 5.86. The van der Waals surface area contributed by atoms with Gasteiger partial charge in [0.25, 0.3) is 0 Å². The number of carbonyl (C=O) groups is 1. The molecule has 2 rings (SSSR count). The van der Waals surface area contributed by atoms with E-state index in [9.17, 15) is 9.90 Å². The van der Waals surface area contributed by atoms with Crippen LogP contribution in [-0.2, 0) is 12.8 Å². The molecule has 0 aliphatic rings. The van der Waals surface area contributed by atoms with E-state index < -0.39 is 6.03 Å². The van der Waals surface area contributed by atoms with Crippen molar-refractivity contribution in [2.75, 3.05) is 5.32 Å². The Morgan fingerprint density at radius 3 is 2.63 bits per heavy atom. The number of amides is 2. The lowest BCUT2D eigenvalue weighted by Crippen LogP contribution is -2.20. The number of phenols is 1. The van der Waals surface area contributed by atoms with E-state index in [1.165, 1.54) is 0 Å². The van der Waals surface area contributed by atoms with E-state index >= 15 is 0 Å². The summed E-state index contributed by atoms with van der Waals surface area (Å²) in [6.07, 6.45) is 3.22. The molecule has 98 valence electrons. The number of anilines is 1. The average Bonchev–Trinajstić information content (AvgIpc) is 2.36. The van der Waals surface area contributed by atoms with Crippen molar-refractivity contribution in [3.63, 3.8) is 0 Å². The van der Waals surface area contributed by atoms with Crippen molar-refractivity contribution in [1.82, 2.24) is 4.98 Å². The predicted molar refractivity (Wildman–Crippen MR) is 73.0 cm³/mol. The summed E-state index contributed by atoms with van der Waals surface area (Å²) in [6, 6.07) is 10.2. The summed E-state index contributed by atoms with van der Waals surface area (Å²) in [5, 5.41) is 11.8. The Bertz CT molecular complexity index is 584. The van der Waals surface area contributed by atoms with Gasteiger partial charge < -0.3 is 10.8 Å². The first-order valence-corrected chi connectivity index (χ1v) is 5.93. The van der Waals surface area contributed by atoms with E-state index in [1.54, 1.807) is 24.4 Å². The molecule has 19 heavy (non-hydrogen) atoms. The number of urea groups is 1. The van der Waals surface area contributed by atoms with Crippen LogP contribution in [0, 0.1) is 0 Å². The van der Waals surface area contributed by atoms with Crippen LogP contribution in [0.2, 0.25) is 0 Å². The van der Waals surface area contributed by atoms with E-state index in [1.807, 2.05) is 18.2 Å². The number of pyridine rings is 1. The highest BCUT2D eigenvalue weighted by atomic mass is 16.3. The topological polar surface area (TPSA) is 88.2 Å². The van der Waals surface area contributed by atoms with Gasteiger partial charge in [-0.2, -0.15) is 0 Å². The highest BCUT2D eigenvalue weighted by Crippen LogP contribution is 2.14. The van der Waals surface area contributed by atoms with Crippen LogP contribution in [0.15, 0.2) is 42.6 Å². The number of rotatable bonds is 4. The molecular formula is C14H15N3O2. The molecule has 0 spiro atoms. The van der Waals surface area contributed by atoms with Gasteiger partial charge in [0.2, 0.25) is 0 Å². The second-order valence-electron chi connectivity index (χ2n) is 4.21. The van der Waals surface area contributed by atoms with Crippen LogP contribution < -0.4 is 11.1 Å². The number of aromatic nitrogens is 1. The number of nitrogens with zero attached hydrogens (tertiary/aromatic N) is 1. The quantitative estimate of drug-likeness (QED) is 0.783. The fourth-order valence-corrected chi connectivity index (χ4v) is 1.83. The number of phenolic OH excluding ortho intramolecular Hbond substituents is 1. The van der Waals surface area contributed by atoms with Gasteiger partial charge in [0.1, 0.15) is 11.6 Å². The Morgan fingerprint density at radius 2 is 1.95 bits per heavy atom. The van der Waals surface area contributed by atoms with Crippen molar-refractivity contribution in [3.8, 4) is 5.75 Å². The van der Waals surface area contributed by atoms with Crippen molar-refractivity contribution in [2.24, 2.45) is 5.73 Å². The average molecular weight is 257 g/mol. The molecule has 0 aliphatic heterocycles. The molecule has 0 fully saturated rings. The number of nitrogens with one attached hydrogen (secondary N) is 1. The van der Waals surface area contributed by atoms with Crippen molar-refractivity contribution in [2.45, 2.75) is 12.8 Å². The number of hydrogen-bond acceptors (Lipinski definition) is 3.